The molecule has 4 rings (SSSR count). The summed E-state index contributed by atoms with van der Waals surface area (Å²) in [5.74, 6) is 0.489. The van der Waals surface area contributed by atoms with E-state index in [9.17, 15) is 9.59 Å². The van der Waals surface area contributed by atoms with E-state index in [4.69, 9.17) is 4.74 Å². The second-order valence-corrected chi connectivity index (χ2v) is 7.79. The third-order valence-corrected chi connectivity index (χ3v) is 5.84. The van der Waals surface area contributed by atoms with Crippen LogP contribution in [0.3, 0.4) is 0 Å². The van der Waals surface area contributed by atoms with Crippen LogP contribution >= 0.6 is 0 Å². The summed E-state index contributed by atoms with van der Waals surface area (Å²) in [7, 11) is 1.89. The molecule has 9 heteroatoms. The van der Waals surface area contributed by atoms with Crippen molar-refractivity contribution in [3.8, 4) is 0 Å². The molecule has 1 amide bonds. The van der Waals surface area contributed by atoms with Gasteiger partial charge < -0.3 is 9.64 Å². The second kappa shape index (κ2) is 8.89. The van der Waals surface area contributed by atoms with Crippen LogP contribution in [0.1, 0.15) is 42.1 Å². The van der Waals surface area contributed by atoms with Gasteiger partial charge in [0.1, 0.15) is 6.10 Å². The molecule has 1 atom stereocenters. The number of amides is 1. The van der Waals surface area contributed by atoms with Crippen molar-refractivity contribution < 1.29 is 9.53 Å². The SMILES string of the molecule is CCN(Cc1cnn(C)c1C)C(=O)CC1OCCn2c1nn(Cc1ccccc1)c2=O. The molecule has 0 aliphatic carbocycles. The third-order valence-electron chi connectivity index (χ3n) is 5.84. The van der Waals surface area contributed by atoms with Gasteiger partial charge in [0.25, 0.3) is 0 Å². The quantitative estimate of drug-likeness (QED) is 0.576. The van der Waals surface area contributed by atoms with E-state index in [2.05, 4.69) is 10.2 Å². The van der Waals surface area contributed by atoms with Crippen LogP contribution in [0.2, 0.25) is 0 Å². The topological polar surface area (TPSA) is 87.2 Å². The number of aryl methyl sites for hydroxylation is 1. The summed E-state index contributed by atoms with van der Waals surface area (Å²) in [5, 5.41) is 8.78. The van der Waals surface area contributed by atoms with Crippen LogP contribution in [0.25, 0.3) is 0 Å². The highest BCUT2D eigenvalue weighted by Crippen LogP contribution is 2.24. The highest BCUT2D eigenvalue weighted by atomic mass is 16.5. The Labute approximate surface area is 180 Å². The Bertz CT molecular complexity index is 1110. The van der Waals surface area contributed by atoms with Crippen molar-refractivity contribution >= 4 is 5.91 Å². The molecule has 1 unspecified atom stereocenters. The Morgan fingerprint density at radius 2 is 2.06 bits per heavy atom. The average Bonchev–Trinajstić information content (AvgIpc) is 3.27. The average molecular weight is 425 g/mol. The van der Waals surface area contributed by atoms with E-state index >= 15 is 0 Å². The van der Waals surface area contributed by atoms with Crippen LogP contribution in [0.4, 0.5) is 0 Å². The Morgan fingerprint density at radius 3 is 2.74 bits per heavy atom. The number of hydrogen-bond donors (Lipinski definition) is 0. The summed E-state index contributed by atoms with van der Waals surface area (Å²) >= 11 is 0. The summed E-state index contributed by atoms with van der Waals surface area (Å²) in [4.78, 5) is 27.7. The molecule has 1 aliphatic rings. The Hall–Kier alpha value is -3.20. The Balaban J connectivity index is 1.51. The fraction of sp³-hybridized carbons (Fsp3) is 0.455. The predicted molar refractivity (Wildman–Crippen MR) is 114 cm³/mol. The smallest absolute Gasteiger partial charge is 0.346 e. The van der Waals surface area contributed by atoms with Gasteiger partial charge in [-0.1, -0.05) is 30.3 Å². The van der Waals surface area contributed by atoms with Crippen molar-refractivity contribution in [3.63, 3.8) is 0 Å². The third kappa shape index (κ3) is 4.32. The van der Waals surface area contributed by atoms with Crippen molar-refractivity contribution in [2.45, 2.75) is 46.0 Å². The van der Waals surface area contributed by atoms with Gasteiger partial charge in [-0.05, 0) is 19.4 Å². The number of carbonyl (C=O) groups is 1. The van der Waals surface area contributed by atoms with Gasteiger partial charge in [0, 0.05) is 31.4 Å². The van der Waals surface area contributed by atoms with Gasteiger partial charge in [-0.3, -0.25) is 14.0 Å². The van der Waals surface area contributed by atoms with Gasteiger partial charge >= 0.3 is 5.69 Å². The minimum Gasteiger partial charge on any atom is -0.368 e. The number of fused-ring (bicyclic) bond motifs is 1. The molecule has 3 heterocycles. The summed E-state index contributed by atoms with van der Waals surface area (Å²) in [6.07, 6.45) is 1.41. The molecule has 9 nitrogen and oxygen atoms in total. The molecule has 2 aromatic heterocycles. The van der Waals surface area contributed by atoms with Gasteiger partial charge in [0.15, 0.2) is 5.82 Å². The largest absolute Gasteiger partial charge is 0.368 e. The molecule has 0 bridgehead atoms. The van der Waals surface area contributed by atoms with Crippen LogP contribution in [-0.2, 0) is 36.2 Å². The molecule has 0 N–H and O–H groups in total. The number of hydrogen-bond acceptors (Lipinski definition) is 5. The normalized spacial score (nSPS) is 15.6. The zero-order valence-corrected chi connectivity index (χ0v) is 18.2. The molecule has 1 aromatic carbocycles. The summed E-state index contributed by atoms with van der Waals surface area (Å²) in [5.41, 5.74) is 2.88. The minimum atomic E-state index is -0.532. The number of carbonyl (C=O) groups excluding carboxylic acids is 1. The van der Waals surface area contributed by atoms with Gasteiger partial charge in [-0.15, -0.1) is 0 Å². The van der Waals surface area contributed by atoms with Crippen LogP contribution < -0.4 is 5.69 Å². The lowest BCUT2D eigenvalue weighted by atomic mass is 10.1. The summed E-state index contributed by atoms with van der Waals surface area (Å²) < 4.78 is 10.8. The molecule has 0 fully saturated rings. The maximum absolute atomic E-state index is 13.1. The van der Waals surface area contributed by atoms with Gasteiger partial charge in [-0.2, -0.15) is 10.2 Å². The number of benzene rings is 1. The zero-order valence-electron chi connectivity index (χ0n) is 18.2. The lowest BCUT2D eigenvalue weighted by Gasteiger charge is -2.26. The van der Waals surface area contributed by atoms with E-state index in [1.54, 1.807) is 20.3 Å². The number of rotatable bonds is 7. The monoisotopic (exact) mass is 424 g/mol. The van der Waals surface area contributed by atoms with Crippen molar-refractivity contribution in [1.29, 1.82) is 0 Å². The van der Waals surface area contributed by atoms with E-state index in [0.29, 0.717) is 38.6 Å². The first-order valence-electron chi connectivity index (χ1n) is 10.6. The number of aromatic nitrogens is 5. The van der Waals surface area contributed by atoms with Crippen molar-refractivity contribution in [2.24, 2.45) is 7.05 Å². The van der Waals surface area contributed by atoms with Crippen LogP contribution in [0.5, 0.6) is 0 Å². The van der Waals surface area contributed by atoms with E-state index in [1.807, 2.05) is 51.2 Å². The minimum absolute atomic E-state index is 0.0331. The van der Waals surface area contributed by atoms with Crippen molar-refractivity contribution in [2.75, 3.05) is 13.2 Å². The molecule has 0 saturated carbocycles. The van der Waals surface area contributed by atoms with Crippen molar-refractivity contribution in [1.82, 2.24) is 29.0 Å². The molecule has 164 valence electrons. The highest BCUT2D eigenvalue weighted by molar-refractivity contribution is 5.76. The van der Waals surface area contributed by atoms with Crippen LogP contribution in [-0.4, -0.2) is 48.1 Å². The van der Waals surface area contributed by atoms with Crippen LogP contribution in [0, 0.1) is 6.92 Å². The standard InChI is InChI=1S/C22H28N6O3/c1-4-26(15-18-13-23-25(3)16(18)2)20(29)12-19-21-24-28(14-17-8-6-5-7-9-17)22(30)27(21)10-11-31-19/h5-9,13,19H,4,10-12,14-15H2,1-3H3. The maximum atomic E-state index is 13.1. The summed E-state index contributed by atoms with van der Waals surface area (Å²) in [6, 6.07) is 9.73. The molecule has 1 aliphatic heterocycles. The Kier molecular flexibility index (Phi) is 6.03. The molecule has 0 radical (unpaired) electrons. The number of nitrogens with zero attached hydrogens (tertiary/aromatic N) is 6. The molecular weight excluding hydrogens is 396 g/mol. The van der Waals surface area contributed by atoms with Gasteiger partial charge in [-0.25, -0.2) is 9.48 Å². The molecule has 31 heavy (non-hydrogen) atoms. The highest BCUT2D eigenvalue weighted by Gasteiger charge is 2.30. The maximum Gasteiger partial charge on any atom is 0.346 e. The lowest BCUT2D eigenvalue weighted by Crippen LogP contribution is -2.35. The van der Waals surface area contributed by atoms with Gasteiger partial charge in [0.05, 0.1) is 32.3 Å². The fourth-order valence-electron chi connectivity index (χ4n) is 3.85. The molecule has 3 aromatic rings. The first kappa shape index (κ1) is 21.0. The zero-order chi connectivity index (χ0) is 22.0. The van der Waals surface area contributed by atoms with Crippen LogP contribution in [0.15, 0.2) is 41.3 Å². The van der Waals surface area contributed by atoms with Gasteiger partial charge in [0.2, 0.25) is 5.91 Å². The molecule has 0 spiro atoms. The van der Waals surface area contributed by atoms with E-state index in [-0.39, 0.29) is 18.0 Å². The lowest BCUT2D eigenvalue weighted by molar-refractivity contribution is -0.135. The number of ether oxygens (including phenoxy) is 1. The van der Waals surface area contributed by atoms with Crippen molar-refractivity contribution in [3.05, 3.63) is 69.7 Å². The fourth-order valence-corrected chi connectivity index (χ4v) is 3.85. The summed E-state index contributed by atoms with van der Waals surface area (Å²) in [6.45, 7) is 6.24. The van der Waals surface area contributed by atoms with E-state index < -0.39 is 6.10 Å². The first-order valence-corrected chi connectivity index (χ1v) is 10.6. The first-order chi connectivity index (χ1) is 15.0. The molecular formula is C22H28N6O3. The second-order valence-electron chi connectivity index (χ2n) is 7.79. The Morgan fingerprint density at radius 1 is 1.29 bits per heavy atom. The molecule has 0 saturated heterocycles. The predicted octanol–water partition coefficient (Wildman–Crippen LogP) is 1.65. The van der Waals surface area contributed by atoms with E-state index in [1.165, 1.54) is 4.68 Å². The van der Waals surface area contributed by atoms with E-state index in [0.717, 1.165) is 16.8 Å².